The van der Waals surface area contributed by atoms with Crippen molar-refractivity contribution in [2.45, 2.75) is 32.6 Å². The summed E-state index contributed by atoms with van der Waals surface area (Å²) in [6.07, 6.45) is 2.51. The monoisotopic (exact) mass is 295 g/mol. The zero-order chi connectivity index (χ0) is 12.4. The van der Waals surface area contributed by atoms with Crippen LogP contribution in [0.4, 0.5) is 5.69 Å². The fourth-order valence-corrected chi connectivity index (χ4v) is 2.38. The second-order valence-corrected chi connectivity index (χ2v) is 5.07. The van der Waals surface area contributed by atoms with Crippen LogP contribution < -0.4 is 4.90 Å². The van der Waals surface area contributed by atoms with E-state index in [1.807, 2.05) is 25.1 Å². The smallest absolute Gasteiger partial charge is 0.233 e. The van der Waals surface area contributed by atoms with Crippen molar-refractivity contribution >= 4 is 33.4 Å². The fourth-order valence-electron chi connectivity index (χ4n) is 2.02. The highest BCUT2D eigenvalue weighted by molar-refractivity contribution is 9.10. The third-order valence-electron chi connectivity index (χ3n) is 3.01. The lowest BCUT2D eigenvalue weighted by molar-refractivity contribution is -0.125. The first-order valence-electron chi connectivity index (χ1n) is 5.72. The fraction of sp³-hybridized carbons (Fsp3) is 0.385. The molecule has 1 aliphatic heterocycles. The average Bonchev–Trinajstić information content (AvgIpc) is 2.45. The Bertz CT molecular complexity index is 452. The Morgan fingerprint density at radius 3 is 2.29 bits per heavy atom. The Balaban J connectivity index is 2.45. The number of rotatable bonds is 1. The second kappa shape index (κ2) is 5.00. The summed E-state index contributed by atoms with van der Waals surface area (Å²) in [5.74, 6) is -0.178. The summed E-state index contributed by atoms with van der Waals surface area (Å²) in [4.78, 5) is 25.3. The van der Waals surface area contributed by atoms with Crippen LogP contribution in [0.15, 0.2) is 22.7 Å². The van der Waals surface area contributed by atoms with Crippen molar-refractivity contribution < 1.29 is 9.59 Å². The van der Waals surface area contributed by atoms with E-state index in [2.05, 4.69) is 15.9 Å². The molecule has 1 aliphatic rings. The highest BCUT2D eigenvalue weighted by Gasteiger charge is 2.26. The largest absolute Gasteiger partial charge is 0.274 e. The van der Waals surface area contributed by atoms with E-state index in [0.29, 0.717) is 18.5 Å². The second-order valence-electron chi connectivity index (χ2n) is 4.21. The van der Waals surface area contributed by atoms with Crippen molar-refractivity contribution in [3.63, 3.8) is 0 Å². The maximum absolute atomic E-state index is 12.0. The normalized spacial score (nSPS) is 17.2. The zero-order valence-corrected chi connectivity index (χ0v) is 11.3. The van der Waals surface area contributed by atoms with Gasteiger partial charge in [-0.05, 0) is 37.5 Å². The summed E-state index contributed by atoms with van der Waals surface area (Å²) >= 11 is 3.42. The van der Waals surface area contributed by atoms with Crippen molar-refractivity contribution in [2.24, 2.45) is 0 Å². The first-order chi connectivity index (χ1) is 8.11. The van der Waals surface area contributed by atoms with Crippen LogP contribution in [0.1, 0.15) is 31.2 Å². The topological polar surface area (TPSA) is 37.4 Å². The lowest BCUT2D eigenvalue weighted by Gasteiger charge is -2.21. The maximum atomic E-state index is 12.0. The SMILES string of the molecule is Cc1c(Br)cccc1N1C(=O)CCCCC1=O. The third kappa shape index (κ3) is 2.41. The summed E-state index contributed by atoms with van der Waals surface area (Å²) in [6.45, 7) is 1.91. The van der Waals surface area contributed by atoms with Gasteiger partial charge in [-0.25, -0.2) is 0 Å². The van der Waals surface area contributed by atoms with E-state index < -0.39 is 0 Å². The minimum Gasteiger partial charge on any atom is -0.274 e. The first-order valence-corrected chi connectivity index (χ1v) is 6.51. The molecule has 0 aromatic heterocycles. The van der Waals surface area contributed by atoms with Gasteiger partial charge >= 0.3 is 0 Å². The molecule has 2 amide bonds. The molecule has 17 heavy (non-hydrogen) atoms. The van der Waals surface area contributed by atoms with Gasteiger partial charge in [0.1, 0.15) is 0 Å². The van der Waals surface area contributed by atoms with Crippen molar-refractivity contribution in [1.29, 1.82) is 0 Å². The molecule has 0 unspecified atom stereocenters. The van der Waals surface area contributed by atoms with Gasteiger partial charge in [0.05, 0.1) is 5.69 Å². The van der Waals surface area contributed by atoms with Gasteiger partial charge in [0.25, 0.3) is 0 Å². The molecule has 1 fully saturated rings. The Labute approximate surface area is 109 Å². The van der Waals surface area contributed by atoms with E-state index in [-0.39, 0.29) is 11.8 Å². The number of hydrogen-bond donors (Lipinski definition) is 0. The Hall–Kier alpha value is -1.16. The van der Waals surface area contributed by atoms with Crippen molar-refractivity contribution in [3.8, 4) is 0 Å². The molecule has 0 aliphatic carbocycles. The van der Waals surface area contributed by atoms with E-state index >= 15 is 0 Å². The molecule has 3 nitrogen and oxygen atoms in total. The summed E-state index contributed by atoms with van der Waals surface area (Å²) < 4.78 is 0.917. The van der Waals surface area contributed by atoms with Crippen molar-refractivity contribution in [1.82, 2.24) is 0 Å². The first kappa shape index (κ1) is 12.3. The van der Waals surface area contributed by atoms with E-state index in [4.69, 9.17) is 0 Å². The number of amides is 2. The van der Waals surface area contributed by atoms with Crippen molar-refractivity contribution in [2.75, 3.05) is 4.90 Å². The van der Waals surface area contributed by atoms with Gasteiger partial charge in [-0.15, -0.1) is 0 Å². The molecule has 0 atom stereocenters. The predicted octanol–water partition coefficient (Wildman–Crippen LogP) is 3.19. The number of hydrogen-bond acceptors (Lipinski definition) is 2. The molecule has 0 radical (unpaired) electrons. The van der Waals surface area contributed by atoms with Gasteiger partial charge in [0, 0.05) is 17.3 Å². The molecule has 1 aromatic rings. The highest BCUT2D eigenvalue weighted by Crippen LogP contribution is 2.29. The van der Waals surface area contributed by atoms with Gasteiger partial charge in [0.15, 0.2) is 0 Å². The molecule has 4 heteroatoms. The van der Waals surface area contributed by atoms with Crippen molar-refractivity contribution in [3.05, 3.63) is 28.2 Å². The lowest BCUT2D eigenvalue weighted by Crippen LogP contribution is -2.35. The van der Waals surface area contributed by atoms with E-state index in [0.717, 1.165) is 22.9 Å². The van der Waals surface area contributed by atoms with E-state index in [9.17, 15) is 9.59 Å². The molecule has 1 heterocycles. The summed E-state index contributed by atoms with van der Waals surface area (Å²) in [7, 11) is 0. The molecule has 0 bridgehead atoms. The van der Waals surface area contributed by atoms with Crippen LogP contribution in [-0.4, -0.2) is 11.8 Å². The van der Waals surface area contributed by atoms with Crippen LogP contribution in [0.5, 0.6) is 0 Å². The van der Waals surface area contributed by atoms with Crippen LogP contribution in [0.2, 0.25) is 0 Å². The van der Waals surface area contributed by atoms with Gasteiger partial charge in [-0.1, -0.05) is 22.0 Å². The Morgan fingerprint density at radius 2 is 1.71 bits per heavy atom. The lowest BCUT2D eigenvalue weighted by atomic mass is 10.1. The van der Waals surface area contributed by atoms with Crippen LogP contribution in [0, 0.1) is 6.92 Å². The van der Waals surface area contributed by atoms with Gasteiger partial charge in [-0.3, -0.25) is 14.5 Å². The summed E-state index contributed by atoms with van der Waals surface area (Å²) in [5, 5.41) is 0. The molecule has 2 rings (SSSR count). The van der Waals surface area contributed by atoms with Crippen LogP contribution in [0.3, 0.4) is 0 Å². The van der Waals surface area contributed by atoms with Crippen LogP contribution in [-0.2, 0) is 9.59 Å². The molecule has 0 saturated carbocycles. The minimum atomic E-state index is -0.0892. The maximum Gasteiger partial charge on any atom is 0.233 e. The Morgan fingerprint density at radius 1 is 1.12 bits per heavy atom. The molecular weight excluding hydrogens is 282 g/mol. The summed E-state index contributed by atoms with van der Waals surface area (Å²) in [6, 6.07) is 5.57. The number of halogens is 1. The average molecular weight is 296 g/mol. The molecule has 0 spiro atoms. The molecule has 1 aromatic carbocycles. The highest BCUT2D eigenvalue weighted by atomic mass is 79.9. The van der Waals surface area contributed by atoms with Gasteiger partial charge in [0.2, 0.25) is 11.8 Å². The van der Waals surface area contributed by atoms with E-state index in [1.165, 1.54) is 4.90 Å². The Kier molecular flexibility index (Phi) is 3.62. The zero-order valence-electron chi connectivity index (χ0n) is 9.70. The molecule has 1 saturated heterocycles. The van der Waals surface area contributed by atoms with Gasteiger partial charge < -0.3 is 0 Å². The number of carbonyl (C=O) groups excluding carboxylic acids is 2. The van der Waals surface area contributed by atoms with Gasteiger partial charge in [-0.2, -0.15) is 0 Å². The number of imide groups is 1. The van der Waals surface area contributed by atoms with E-state index in [1.54, 1.807) is 0 Å². The molecule has 90 valence electrons. The van der Waals surface area contributed by atoms with Crippen LogP contribution in [0.25, 0.3) is 0 Å². The molecule has 0 N–H and O–H groups in total. The quantitative estimate of drug-likeness (QED) is 0.746. The standard InChI is InChI=1S/C13H14BrNO2/c1-9-10(14)5-4-6-11(9)15-12(16)7-2-3-8-13(15)17/h4-6H,2-3,7-8H2,1H3. The third-order valence-corrected chi connectivity index (χ3v) is 3.87. The van der Waals surface area contributed by atoms with Crippen LogP contribution >= 0.6 is 15.9 Å². The molecular formula is C13H14BrNO2. The minimum absolute atomic E-state index is 0.0892. The summed E-state index contributed by atoms with van der Waals surface area (Å²) in [5.41, 5.74) is 1.63. The number of benzene rings is 1. The predicted molar refractivity (Wildman–Crippen MR) is 69.8 cm³/mol. The number of nitrogens with zero attached hydrogens (tertiary/aromatic N) is 1. The number of carbonyl (C=O) groups is 2. The number of anilines is 1.